The maximum Gasteiger partial charge on any atom is 0.129 e. The van der Waals surface area contributed by atoms with Crippen molar-refractivity contribution in [1.82, 2.24) is 0 Å². The molecular weight excluding hydrogens is 449 g/mol. The van der Waals surface area contributed by atoms with Gasteiger partial charge in [-0.05, 0) is 82.2 Å². The Bertz CT molecular complexity index is 685. The molecule has 7 heteroatoms. The summed E-state index contributed by atoms with van der Waals surface area (Å²) >= 11 is 11.3. The molecule has 0 radical (unpaired) electrons. The van der Waals surface area contributed by atoms with Crippen molar-refractivity contribution in [2.24, 2.45) is 5.16 Å². The van der Waals surface area contributed by atoms with Crippen LogP contribution in [-0.4, -0.2) is 38.2 Å². The molecule has 1 rings (SSSR count). The summed E-state index contributed by atoms with van der Waals surface area (Å²) < 4.78 is 17.8. The molecule has 32 heavy (non-hydrogen) atoms. The van der Waals surface area contributed by atoms with Crippen molar-refractivity contribution < 1.29 is 19.0 Å². The molecule has 0 fully saturated rings. The van der Waals surface area contributed by atoms with E-state index in [0.29, 0.717) is 19.8 Å². The fraction of sp³-hybridized carbons (Fsp3) is 0.640. The number of rotatable bonds is 16. The highest BCUT2D eigenvalue weighted by Gasteiger charge is 2.11. The van der Waals surface area contributed by atoms with E-state index < -0.39 is 0 Å². The van der Waals surface area contributed by atoms with Crippen LogP contribution in [0.25, 0.3) is 0 Å². The zero-order valence-electron chi connectivity index (χ0n) is 20.2. The van der Waals surface area contributed by atoms with Crippen LogP contribution in [0.15, 0.2) is 27.9 Å². The van der Waals surface area contributed by atoms with E-state index in [1.807, 2.05) is 32.9 Å². The fourth-order valence-corrected chi connectivity index (χ4v) is 2.99. The van der Waals surface area contributed by atoms with Gasteiger partial charge in [0.1, 0.15) is 28.2 Å². The minimum atomic E-state index is -0.248. The van der Waals surface area contributed by atoms with Crippen LogP contribution in [0.2, 0.25) is 0 Å². The first-order chi connectivity index (χ1) is 15.3. The molecule has 0 aliphatic carbocycles. The number of oxime groups is 1. The Morgan fingerprint density at radius 3 is 2.19 bits per heavy atom. The molecule has 0 aromatic heterocycles. The Kier molecular flexibility index (Phi) is 14.5. The van der Waals surface area contributed by atoms with E-state index in [9.17, 15) is 0 Å². The summed E-state index contributed by atoms with van der Waals surface area (Å²) in [4.78, 5) is 5.28. The number of aryl methyl sites for hydroxylation is 2. The molecule has 0 aliphatic heterocycles. The summed E-state index contributed by atoms with van der Waals surface area (Å²) in [6, 6.07) is 4.07. The van der Waals surface area contributed by atoms with Crippen molar-refractivity contribution in [3.05, 3.63) is 33.8 Å². The molecule has 0 N–H and O–H groups in total. The average Bonchev–Trinajstić information content (AvgIpc) is 2.73. The smallest absolute Gasteiger partial charge is 0.129 e. The van der Waals surface area contributed by atoms with Crippen LogP contribution < -0.4 is 9.47 Å². The summed E-state index contributed by atoms with van der Waals surface area (Å²) in [6.45, 7) is 12.6. The monoisotopic (exact) mass is 487 g/mol. The highest BCUT2D eigenvalue weighted by molar-refractivity contribution is 6.55. The first-order valence-electron chi connectivity index (χ1n) is 11.5. The number of halogens is 2. The van der Waals surface area contributed by atoms with E-state index in [1.165, 1.54) is 0 Å². The van der Waals surface area contributed by atoms with Crippen molar-refractivity contribution in [2.75, 3.05) is 26.4 Å². The second kappa shape index (κ2) is 16.2. The largest absolute Gasteiger partial charge is 0.493 e. The van der Waals surface area contributed by atoms with Gasteiger partial charge in [-0.15, -0.1) is 0 Å². The Morgan fingerprint density at radius 2 is 1.59 bits per heavy atom. The maximum absolute atomic E-state index is 6.17. The molecule has 1 aromatic carbocycles. The highest BCUT2D eigenvalue weighted by atomic mass is 35.5. The summed E-state index contributed by atoms with van der Waals surface area (Å²) in [6.07, 6.45) is 8.98. The predicted octanol–water partition coefficient (Wildman–Crippen LogP) is 7.27. The lowest BCUT2D eigenvalue weighted by Crippen LogP contribution is -2.15. The Labute approximate surface area is 204 Å². The van der Waals surface area contributed by atoms with Crippen LogP contribution in [0.5, 0.6) is 11.5 Å². The van der Waals surface area contributed by atoms with Crippen LogP contribution in [0.3, 0.4) is 0 Å². The third-order valence-electron chi connectivity index (χ3n) is 4.44. The van der Waals surface area contributed by atoms with E-state index >= 15 is 0 Å². The van der Waals surface area contributed by atoms with Crippen molar-refractivity contribution in [2.45, 2.75) is 78.7 Å². The number of hydrogen-bond acceptors (Lipinski definition) is 5. The van der Waals surface area contributed by atoms with Crippen LogP contribution in [-0.2, 0) is 22.4 Å². The normalized spacial score (nSPS) is 11.6. The molecule has 0 bridgehead atoms. The number of hydrogen-bond donors (Lipinski definition) is 0. The van der Waals surface area contributed by atoms with Gasteiger partial charge in [0.2, 0.25) is 0 Å². The molecule has 0 heterocycles. The van der Waals surface area contributed by atoms with Crippen LogP contribution >= 0.6 is 23.2 Å². The van der Waals surface area contributed by atoms with Gasteiger partial charge in [-0.3, -0.25) is 0 Å². The second-order valence-corrected chi connectivity index (χ2v) is 9.39. The Hall–Kier alpha value is -1.43. The molecule has 0 atom stereocenters. The van der Waals surface area contributed by atoms with Gasteiger partial charge < -0.3 is 19.0 Å². The molecule has 0 saturated carbocycles. The van der Waals surface area contributed by atoms with Crippen molar-refractivity contribution >= 4 is 29.4 Å². The van der Waals surface area contributed by atoms with Crippen molar-refractivity contribution in [1.29, 1.82) is 0 Å². The van der Waals surface area contributed by atoms with E-state index in [1.54, 1.807) is 12.3 Å². The third kappa shape index (κ3) is 13.2. The lowest BCUT2D eigenvalue weighted by Gasteiger charge is -2.17. The SMILES string of the molecule is CCc1cc(OCC=C(Cl)Cl)cc(CC)c1OCCCCCOCCC=NOC(C)(C)C. The van der Waals surface area contributed by atoms with Crippen molar-refractivity contribution in [3.63, 3.8) is 0 Å². The van der Waals surface area contributed by atoms with E-state index in [4.69, 9.17) is 42.3 Å². The molecule has 0 unspecified atom stereocenters. The van der Waals surface area contributed by atoms with E-state index in [0.717, 1.165) is 67.8 Å². The maximum atomic E-state index is 6.17. The zero-order chi connectivity index (χ0) is 23.8. The van der Waals surface area contributed by atoms with Gasteiger partial charge in [0, 0.05) is 19.2 Å². The van der Waals surface area contributed by atoms with Gasteiger partial charge in [-0.1, -0.05) is 42.2 Å². The lowest BCUT2D eigenvalue weighted by molar-refractivity contribution is 0.00128. The minimum Gasteiger partial charge on any atom is -0.493 e. The van der Waals surface area contributed by atoms with Crippen LogP contribution in [0.1, 0.15) is 71.4 Å². The van der Waals surface area contributed by atoms with E-state index in [2.05, 4.69) is 19.0 Å². The zero-order valence-corrected chi connectivity index (χ0v) is 21.7. The number of benzene rings is 1. The summed E-state index contributed by atoms with van der Waals surface area (Å²) in [5.41, 5.74) is 2.06. The van der Waals surface area contributed by atoms with E-state index in [-0.39, 0.29) is 10.1 Å². The topological polar surface area (TPSA) is 49.3 Å². The summed E-state index contributed by atoms with van der Waals surface area (Å²) in [5, 5.41) is 3.94. The van der Waals surface area contributed by atoms with Gasteiger partial charge >= 0.3 is 0 Å². The Morgan fingerprint density at radius 1 is 0.938 bits per heavy atom. The molecule has 0 saturated heterocycles. The number of unbranched alkanes of at least 4 members (excludes halogenated alkanes) is 2. The van der Waals surface area contributed by atoms with Crippen LogP contribution in [0.4, 0.5) is 0 Å². The highest BCUT2D eigenvalue weighted by Crippen LogP contribution is 2.31. The standard InChI is InChI=1S/C25H39Cl2NO4/c1-6-20-18-22(30-17-12-23(26)27)19-21(7-2)24(20)31-16-10-8-9-14-29-15-11-13-28-32-25(3,4)5/h12-13,18-19H,6-11,14-17H2,1-5H3. The molecule has 5 nitrogen and oxygen atoms in total. The summed E-state index contributed by atoms with van der Waals surface area (Å²) in [7, 11) is 0. The van der Waals surface area contributed by atoms with Crippen molar-refractivity contribution in [3.8, 4) is 11.5 Å². The third-order valence-corrected chi connectivity index (χ3v) is 4.75. The van der Waals surface area contributed by atoms with Crippen LogP contribution in [0, 0.1) is 0 Å². The molecule has 0 aliphatic rings. The second-order valence-electron chi connectivity index (χ2n) is 8.38. The first kappa shape index (κ1) is 28.6. The van der Waals surface area contributed by atoms with Gasteiger partial charge in [0.15, 0.2) is 0 Å². The summed E-state index contributed by atoms with van der Waals surface area (Å²) in [5.74, 6) is 1.80. The number of ether oxygens (including phenoxy) is 3. The average molecular weight is 488 g/mol. The predicted molar refractivity (Wildman–Crippen MR) is 135 cm³/mol. The molecular formula is C25H39Cl2NO4. The molecule has 0 amide bonds. The van der Waals surface area contributed by atoms with Gasteiger partial charge in [-0.2, -0.15) is 0 Å². The Balaban J connectivity index is 2.31. The van der Waals surface area contributed by atoms with Gasteiger partial charge in [0.05, 0.1) is 13.2 Å². The quantitative estimate of drug-likeness (QED) is 0.140. The minimum absolute atomic E-state index is 0.210. The van der Waals surface area contributed by atoms with Gasteiger partial charge in [0.25, 0.3) is 0 Å². The first-order valence-corrected chi connectivity index (χ1v) is 12.2. The molecule has 182 valence electrons. The molecule has 1 aromatic rings. The number of nitrogens with zero attached hydrogens (tertiary/aromatic N) is 1. The molecule has 0 spiro atoms. The fourth-order valence-electron chi connectivity index (χ4n) is 2.86. The van der Waals surface area contributed by atoms with Gasteiger partial charge in [-0.25, -0.2) is 0 Å². The lowest BCUT2D eigenvalue weighted by atomic mass is 10.0.